The van der Waals surface area contributed by atoms with Crippen molar-refractivity contribution in [2.24, 2.45) is 0 Å². The van der Waals surface area contributed by atoms with Crippen LogP contribution in [0.1, 0.15) is 22.8 Å². The Balaban J connectivity index is 1.92. The number of hydrogen-bond donors (Lipinski definition) is 2. The number of benzene rings is 3. The molecular weight excluding hydrogens is 382 g/mol. The molecule has 3 aromatic carbocycles. The van der Waals surface area contributed by atoms with E-state index in [4.69, 9.17) is 4.74 Å². The largest absolute Gasteiger partial charge is 0.477 e. The Labute approximate surface area is 173 Å². The maximum atomic E-state index is 12.3. The number of amides is 1. The summed E-state index contributed by atoms with van der Waals surface area (Å²) in [6.45, 7) is 1.32. The lowest BCUT2D eigenvalue weighted by Gasteiger charge is -2.10. The van der Waals surface area contributed by atoms with Crippen LogP contribution in [-0.2, 0) is 9.59 Å². The summed E-state index contributed by atoms with van der Waals surface area (Å²) in [4.78, 5) is 35.3. The number of ether oxygens (including phenoxy) is 1. The number of rotatable bonds is 6. The van der Waals surface area contributed by atoms with Crippen LogP contribution in [0.15, 0.2) is 84.6 Å². The van der Waals surface area contributed by atoms with Crippen LogP contribution in [0.2, 0.25) is 0 Å². The van der Waals surface area contributed by atoms with Gasteiger partial charge in [0.15, 0.2) is 0 Å². The van der Waals surface area contributed by atoms with Crippen molar-refractivity contribution in [1.82, 2.24) is 5.32 Å². The van der Waals surface area contributed by atoms with Crippen LogP contribution in [0.25, 0.3) is 17.2 Å². The normalized spacial score (nSPS) is 10.9. The highest BCUT2D eigenvalue weighted by atomic mass is 16.5. The lowest BCUT2D eigenvalue weighted by molar-refractivity contribution is -0.133. The highest BCUT2D eigenvalue weighted by Gasteiger charge is 2.14. The van der Waals surface area contributed by atoms with E-state index in [1.807, 2.05) is 12.1 Å². The third kappa shape index (κ3) is 5.20. The van der Waals surface area contributed by atoms with Crippen molar-refractivity contribution in [3.63, 3.8) is 0 Å². The summed E-state index contributed by atoms with van der Waals surface area (Å²) >= 11 is 0. The predicted molar refractivity (Wildman–Crippen MR) is 113 cm³/mol. The standard InChI is InChI=1S/C24H19NO5/c1-16(26)30-22-13-6-5-12-20(22)19-11-7-8-17(14-19)15-21(24(28)29)25-23(27)18-9-3-2-4-10-18/h2-15H,1H3,(H,25,27)(H,28,29)/b21-15+. The molecule has 6 heteroatoms. The van der Waals surface area contributed by atoms with Crippen LogP contribution in [0.3, 0.4) is 0 Å². The molecule has 150 valence electrons. The van der Waals surface area contributed by atoms with E-state index >= 15 is 0 Å². The van der Waals surface area contributed by atoms with E-state index in [1.54, 1.807) is 66.7 Å². The molecule has 1 amide bonds. The van der Waals surface area contributed by atoms with Gasteiger partial charge in [0, 0.05) is 18.1 Å². The van der Waals surface area contributed by atoms with Crippen molar-refractivity contribution in [1.29, 1.82) is 0 Å². The Morgan fingerprint density at radius 3 is 2.30 bits per heavy atom. The summed E-state index contributed by atoms with van der Waals surface area (Å²) in [7, 11) is 0. The molecule has 0 radical (unpaired) electrons. The Hall–Kier alpha value is -4.19. The number of nitrogens with one attached hydrogen (secondary N) is 1. The maximum Gasteiger partial charge on any atom is 0.352 e. The quantitative estimate of drug-likeness (QED) is 0.368. The van der Waals surface area contributed by atoms with Gasteiger partial charge in [-0.25, -0.2) is 4.79 Å². The summed E-state index contributed by atoms with van der Waals surface area (Å²) in [5, 5.41) is 12.0. The zero-order valence-electron chi connectivity index (χ0n) is 16.2. The first-order valence-electron chi connectivity index (χ1n) is 9.13. The average Bonchev–Trinajstić information content (AvgIpc) is 2.74. The van der Waals surface area contributed by atoms with Gasteiger partial charge in [-0.1, -0.05) is 54.6 Å². The fourth-order valence-corrected chi connectivity index (χ4v) is 2.85. The minimum Gasteiger partial charge on any atom is -0.477 e. The van der Waals surface area contributed by atoms with Gasteiger partial charge < -0.3 is 15.2 Å². The van der Waals surface area contributed by atoms with Gasteiger partial charge in [-0.2, -0.15) is 0 Å². The number of para-hydroxylation sites is 1. The third-order valence-electron chi connectivity index (χ3n) is 4.16. The second-order valence-electron chi connectivity index (χ2n) is 6.40. The number of esters is 1. The second kappa shape index (κ2) is 9.34. The van der Waals surface area contributed by atoms with Crippen LogP contribution in [0.4, 0.5) is 0 Å². The summed E-state index contributed by atoms with van der Waals surface area (Å²) in [6, 6.07) is 22.5. The van der Waals surface area contributed by atoms with Gasteiger partial charge in [-0.05, 0) is 41.5 Å². The number of carbonyl (C=O) groups is 3. The van der Waals surface area contributed by atoms with Crippen LogP contribution in [-0.4, -0.2) is 23.0 Å². The fourth-order valence-electron chi connectivity index (χ4n) is 2.85. The van der Waals surface area contributed by atoms with Gasteiger partial charge in [0.2, 0.25) is 0 Å². The van der Waals surface area contributed by atoms with Crippen molar-refractivity contribution in [3.05, 3.63) is 95.7 Å². The van der Waals surface area contributed by atoms with Crippen molar-refractivity contribution in [2.75, 3.05) is 0 Å². The maximum absolute atomic E-state index is 12.3. The lowest BCUT2D eigenvalue weighted by atomic mass is 10.0. The van der Waals surface area contributed by atoms with Crippen LogP contribution < -0.4 is 10.1 Å². The summed E-state index contributed by atoms with van der Waals surface area (Å²) in [6.07, 6.45) is 1.38. The van der Waals surface area contributed by atoms with Crippen LogP contribution in [0, 0.1) is 0 Å². The number of carboxylic acid groups (broad SMARTS) is 1. The Kier molecular flexibility index (Phi) is 6.39. The van der Waals surface area contributed by atoms with Crippen LogP contribution in [0.5, 0.6) is 5.75 Å². The van der Waals surface area contributed by atoms with Gasteiger partial charge in [0.1, 0.15) is 11.4 Å². The Bertz CT molecular complexity index is 1120. The zero-order valence-corrected chi connectivity index (χ0v) is 16.2. The average molecular weight is 401 g/mol. The summed E-state index contributed by atoms with van der Waals surface area (Å²) in [5.41, 5.74) is 2.09. The van der Waals surface area contributed by atoms with Gasteiger partial charge >= 0.3 is 11.9 Å². The molecule has 3 rings (SSSR count). The van der Waals surface area contributed by atoms with E-state index in [0.29, 0.717) is 22.4 Å². The van der Waals surface area contributed by atoms with E-state index in [0.717, 1.165) is 5.56 Å². The third-order valence-corrected chi connectivity index (χ3v) is 4.16. The monoisotopic (exact) mass is 401 g/mol. The first-order chi connectivity index (χ1) is 14.4. The molecular formula is C24H19NO5. The van der Waals surface area contributed by atoms with Gasteiger partial charge in [0.25, 0.3) is 5.91 Å². The molecule has 0 aromatic heterocycles. The minimum absolute atomic E-state index is 0.255. The Morgan fingerprint density at radius 2 is 1.60 bits per heavy atom. The molecule has 0 heterocycles. The molecule has 3 aromatic rings. The molecule has 0 saturated carbocycles. The van der Waals surface area contributed by atoms with Crippen molar-refractivity contribution < 1.29 is 24.2 Å². The molecule has 0 saturated heterocycles. The molecule has 0 spiro atoms. The molecule has 0 fully saturated rings. The predicted octanol–water partition coefficient (Wildman–Crippen LogP) is 4.13. The molecule has 0 unspecified atom stereocenters. The molecule has 0 aliphatic heterocycles. The molecule has 0 aliphatic rings. The summed E-state index contributed by atoms with van der Waals surface area (Å²) < 4.78 is 5.26. The molecule has 0 bridgehead atoms. The van der Waals surface area contributed by atoms with E-state index in [2.05, 4.69) is 5.32 Å². The number of carboxylic acids is 1. The van der Waals surface area contributed by atoms with Gasteiger partial charge in [-0.15, -0.1) is 0 Å². The van der Waals surface area contributed by atoms with Gasteiger partial charge in [0.05, 0.1) is 0 Å². The van der Waals surface area contributed by atoms with E-state index in [-0.39, 0.29) is 5.70 Å². The van der Waals surface area contributed by atoms with E-state index < -0.39 is 17.8 Å². The van der Waals surface area contributed by atoms with Crippen molar-refractivity contribution in [3.8, 4) is 16.9 Å². The SMILES string of the molecule is CC(=O)Oc1ccccc1-c1cccc(/C=C(/NC(=O)c2ccccc2)C(=O)O)c1. The molecule has 0 aliphatic carbocycles. The molecule has 30 heavy (non-hydrogen) atoms. The minimum atomic E-state index is -1.26. The smallest absolute Gasteiger partial charge is 0.352 e. The highest BCUT2D eigenvalue weighted by molar-refractivity contribution is 6.02. The molecule has 6 nitrogen and oxygen atoms in total. The number of hydrogen-bond acceptors (Lipinski definition) is 4. The van der Waals surface area contributed by atoms with E-state index in [9.17, 15) is 19.5 Å². The first kappa shape index (κ1) is 20.5. The highest BCUT2D eigenvalue weighted by Crippen LogP contribution is 2.30. The van der Waals surface area contributed by atoms with Gasteiger partial charge in [-0.3, -0.25) is 9.59 Å². The zero-order chi connectivity index (χ0) is 21.5. The topological polar surface area (TPSA) is 92.7 Å². The molecule has 0 atom stereocenters. The fraction of sp³-hybridized carbons (Fsp3) is 0.0417. The second-order valence-corrected chi connectivity index (χ2v) is 6.40. The summed E-state index contributed by atoms with van der Waals surface area (Å²) in [5.74, 6) is -1.80. The van der Waals surface area contributed by atoms with E-state index in [1.165, 1.54) is 13.0 Å². The molecule has 2 N–H and O–H groups in total. The Morgan fingerprint density at radius 1 is 0.900 bits per heavy atom. The lowest BCUT2D eigenvalue weighted by Crippen LogP contribution is -2.27. The first-order valence-corrected chi connectivity index (χ1v) is 9.13. The van der Waals surface area contributed by atoms with Crippen molar-refractivity contribution >= 4 is 23.9 Å². The van der Waals surface area contributed by atoms with Crippen molar-refractivity contribution in [2.45, 2.75) is 6.92 Å². The number of carbonyl (C=O) groups excluding carboxylic acids is 2. The number of aliphatic carboxylic acids is 1. The van der Waals surface area contributed by atoms with Crippen LogP contribution >= 0.6 is 0 Å².